The van der Waals surface area contributed by atoms with Gasteiger partial charge in [0.15, 0.2) is 0 Å². The Labute approximate surface area is 176 Å². The highest BCUT2D eigenvalue weighted by Crippen LogP contribution is 2.58. The molecule has 0 saturated carbocycles. The second kappa shape index (κ2) is 10.3. The molecule has 0 fully saturated rings. The quantitative estimate of drug-likeness (QED) is 0.263. The molecule has 0 atom stereocenters. The van der Waals surface area contributed by atoms with Crippen molar-refractivity contribution < 1.29 is 5.09 Å². The first-order chi connectivity index (χ1) is 14.6. The van der Waals surface area contributed by atoms with Crippen molar-refractivity contribution >= 4 is 23.2 Å². The lowest BCUT2D eigenvalue weighted by Crippen LogP contribution is -2.32. The summed E-state index contributed by atoms with van der Waals surface area (Å²) in [5, 5.41) is 19.0. The number of hydrogen-bond acceptors (Lipinski definition) is 3. The monoisotopic (exact) mass is 415 g/mol. The van der Waals surface area contributed by atoms with E-state index in [0.717, 1.165) is 6.16 Å². The average Bonchev–Trinajstić information content (AvgIpc) is 2.80. The molecule has 0 aromatic heterocycles. The first-order valence-electron chi connectivity index (χ1n) is 9.53. The van der Waals surface area contributed by atoms with E-state index in [0.29, 0.717) is 0 Å². The van der Waals surface area contributed by atoms with Gasteiger partial charge in [-0.2, -0.15) is 0 Å². The molecule has 0 bridgehead atoms. The molecule has 4 nitrogen and oxygen atoms in total. The molecular formula is C25H22NO3P. The average molecular weight is 415 g/mol. The first kappa shape index (κ1) is 21.2. The summed E-state index contributed by atoms with van der Waals surface area (Å²) < 4.78 is 0. The molecule has 150 valence electrons. The van der Waals surface area contributed by atoms with Crippen LogP contribution in [0.15, 0.2) is 121 Å². The van der Waals surface area contributed by atoms with Crippen LogP contribution < -0.4 is 15.9 Å². The van der Waals surface area contributed by atoms with E-state index in [4.69, 9.17) is 15.3 Å². The minimum Gasteiger partial charge on any atom is -0.356 e. The van der Waals surface area contributed by atoms with Gasteiger partial charge in [-0.1, -0.05) is 84.9 Å². The molecule has 0 aliphatic heterocycles. The molecule has 0 saturated heterocycles. The molecule has 0 amide bonds. The summed E-state index contributed by atoms with van der Waals surface area (Å²) in [7, 11) is -1.78. The van der Waals surface area contributed by atoms with Gasteiger partial charge < -0.3 is 15.3 Å². The van der Waals surface area contributed by atoms with Crippen LogP contribution in [-0.4, -0.2) is 5.09 Å². The van der Waals surface area contributed by atoms with E-state index in [1.807, 2.05) is 0 Å². The second-order valence-electron chi connectivity index (χ2n) is 6.68. The van der Waals surface area contributed by atoms with Crippen LogP contribution in [0.25, 0.3) is 0 Å². The fourth-order valence-corrected chi connectivity index (χ4v) is 7.87. The molecule has 0 radical (unpaired) electrons. The van der Waals surface area contributed by atoms with E-state index in [-0.39, 0.29) is 0 Å². The van der Waals surface area contributed by atoms with Crippen LogP contribution >= 0.6 is 7.26 Å². The van der Waals surface area contributed by atoms with Gasteiger partial charge >= 0.3 is 0 Å². The van der Waals surface area contributed by atoms with Crippen LogP contribution in [-0.2, 0) is 6.16 Å². The maximum absolute atomic E-state index is 8.25. The lowest BCUT2D eigenvalue weighted by molar-refractivity contribution is -0.402. The van der Waals surface area contributed by atoms with Gasteiger partial charge in [-0.05, 0) is 42.0 Å². The number of nitrogens with zero attached hydrogens (tertiary/aromatic N) is 1. The Balaban J connectivity index is 0.000000589. The van der Waals surface area contributed by atoms with Crippen molar-refractivity contribution in [3.63, 3.8) is 0 Å². The van der Waals surface area contributed by atoms with Gasteiger partial charge in [0.1, 0.15) is 23.2 Å². The van der Waals surface area contributed by atoms with Crippen LogP contribution in [0.5, 0.6) is 0 Å². The summed E-state index contributed by atoms with van der Waals surface area (Å²) in [6.45, 7) is 0. The molecule has 4 rings (SSSR count). The predicted molar refractivity (Wildman–Crippen MR) is 126 cm³/mol. The molecule has 5 heteroatoms. The molecule has 0 unspecified atom stereocenters. The number of rotatable bonds is 5. The van der Waals surface area contributed by atoms with E-state index in [2.05, 4.69) is 121 Å². The van der Waals surface area contributed by atoms with Gasteiger partial charge in [0.2, 0.25) is 0 Å². The molecule has 4 aromatic carbocycles. The van der Waals surface area contributed by atoms with Gasteiger partial charge in [-0.25, -0.2) is 0 Å². The normalized spacial score (nSPS) is 10.5. The SMILES string of the molecule is O=[N+]([O-])[O-].c1ccc(C[P+](c2ccccc2)(c2ccccc2)c2ccccc2)cc1. The van der Waals surface area contributed by atoms with E-state index in [9.17, 15) is 0 Å². The summed E-state index contributed by atoms with van der Waals surface area (Å²) >= 11 is 0. The Hall–Kier alpha value is -3.49. The van der Waals surface area contributed by atoms with Gasteiger partial charge in [0.05, 0.1) is 11.2 Å². The molecule has 30 heavy (non-hydrogen) atoms. The summed E-state index contributed by atoms with van der Waals surface area (Å²) in [5.74, 6) is 0. The molecular weight excluding hydrogens is 393 g/mol. The van der Waals surface area contributed by atoms with Crippen molar-refractivity contribution in [3.8, 4) is 0 Å². The minimum absolute atomic E-state index is 1.03. The molecule has 0 aliphatic carbocycles. The summed E-state index contributed by atoms with van der Waals surface area (Å²) in [5.41, 5.74) is 1.39. The van der Waals surface area contributed by atoms with Crippen LogP contribution in [0.1, 0.15) is 5.56 Å². The highest BCUT2D eigenvalue weighted by atomic mass is 31.2. The Morgan fingerprint density at radius 2 is 0.800 bits per heavy atom. The number of hydrogen-bond donors (Lipinski definition) is 0. The zero-order valence-electron chi connectivity index (χ0n) is 16.4. The first-order valence-corrected chi connectivity index (χ1v) is 11.5. The third-order valence-corrected chi connectivity index (χ3v) is 9.23. The van der Waals surface area contributed by atoms with E-state index in [1.165, 1.54) is 21.5 Å². The minimum atomic E-state index is -1.78. The van der Waals surface area contributed by atoms with Crippen molar-refractivity contribution in [2.24, 2.45) is 0 Å². The summed E-state index contributed by atoms with van der Waals surface area (Å²) in [6.07, 6.45) is 1.03. The van der Waals surface area contributed by atoms with Crippen molar-refractivity contribution in [2.75, 3.05) is 0 Å². The fourth-order valence-electron chi connectivity index (χ4n) is 3.63. The van der Waals surface area contributed by atoms with Gasteiger partial charge in [0, 0.05) is 0 Å². The molecule has 0 heterocycles. The lowest BCUT2D eigenvalue weighted by atomic mass is 10.2. The standard InChI is InChI=1S/C25H22P.NO3/c1-5-13-22(14-6-1)21-26(23-15-7-2-8-16-23,24-17-9-3-10-18-24)25-19-11-4-12-20-25;2-1(3)4/h1-20H,21H2;/q+1;-1. The molecule has 0 N–H and O–H groups in total. The third-order valence-electron chi connectivity index (χ3n) is 4.85. The fraction of sp³-hybridized carbons (Fsp3) is 0.0400. The summed E-state index contributed by atoms with van der Waals surface area (Å²) in [4.78, 5) is 8.25. The Morgan fingerprint density at radius 3 is 1.10 bits per heavy atom. The zero-order chi connectivity index (χ0) is 21.2. The van der Waals surface area contributed by atoms with Crippen LogP contribution in [0, 0.1) is 15.3 Å². The highest BCUT2D eigenvalue weighted by molar-refractivity contribution is 7.95. The maximum Gasteiger partial charge on any atom is 0.116 e. The van der Waals surface area contributed by atoms with Crippen LogP contribution in [0.2, 0.25) is 0 Å². The number of benzene rings is 4. The lowest BCUT2D eigenvalue weighted by Gasteiger charge is -2.27. The Kier molecular flexibility index (Phi) is 7.31. The van der Waals surface area contributed by atoms with Gasteiger partial charge in [-0.15, -0.1) is 0 Å². The van der Waals surface area contributed by atoms with Crippen LogP contribution in [0.4, 0.5) is 0 Å². The molecule has 0 aliphatic rings. The third kappa shape index (κ3) is 5.11. The van der Waals surface area contributed by atoms with Crippen LogP contribution in [0.3, 0.4) is 0 Å². The van der Waals surface area contributed by atoms with E-state index in [1.54, 1.807) is 0 Å². The smallest absolute Gasteiger partial charge is 0.116 e. The Morgan fingerprint density at radius 1 is 0.533 bits per heavy atom. The van der Waals surface area contributed by atoms with Crippen molar-refractivity contribution in [3.05, 3.63) is 142 Å². The zero-order valence-corrected chi connectivity index (χ0v) is 17.3. The maximum atomic E-state index is 8.25. The second-order valence-corrected chi connectivity index (χ2v) is 10.2. The van der Waals surface area contributed by atoms with E-state index >= 15 is 0 Å². The van der Waals surface area contributed by atoms with Gasteiger partial charge in [0.25, 0.3) is 0 Å². The van der Waals surface area contributed by atoms with Crippen molar-refractivity contribution in [1.29, 1.82) is 0 Å². The highest BCUT2D eigenvalue weighted by Gasteiger charge is 2.45. The van der Waals surface area contributed by atoms with Gasteiger partial charge in [-0.3, -0.25) is 0 Å². The summed E-state index contributed by atoms with van der Waals surface area (Å²) in [6, 6.07) is 44.0. The molecule has 4 aromatic rings. The Bertz CT molecular complexity index is 942. The predicted octanol–water partition coefficient (Wildman–Crippen LogP) is 4.94. The van der Waals surface area contributed by atoms with Crippen molar-refractivity contribution in [1.82, 2.24) is 0 Å². The largest absolute Gasteiger partial charge is 0.356 e. The van der Waals surface area contributed by atoms with E-state index < -0.39 is 12.3 Å². The molecule has 0 spiro atoms. The van der Waals surface area contributed by atoms with Crippen molar-refractivity contribution in [2.45, 2.75) is 6.16 Å². The topological polar surface area (TPSA) is 66.2 Å².